The number of carbonyl (C=O) groups excluding carboxylic acids is 2. The highest BCUT2D eigenvalue weighted by molar-refractivity contribution is 7.88. The first-order chi connectivity index (χ1) is 13.2. The summed E-state index contributed by atoms with van der Waals surface area (Å²) in [4.78, 5) is 35.1. The smallest absolute Gasteiger partial charge is 0.255 e. The number of nitrogens with one attached hydrogen (secondary N) is 1. The zero-order valence-electron chi connectivity index (χ0n) is 16.3. The molecule has 0 spiro atoms. The third-order valence-corrected chi connectivity index (χ3v) is 5.89. The second-order valence-electron chi connectivity index (χ2n) is 7.41. The average molecular weight is 410 g/mol. The summed E-state index contributed by atoms with van der Waals surface area (Å²) in [6.45, 7) is 3.44. The molecule has 1 aromatic rings. The molecule has 154 valence electrons. The second kappa shape index (κ2) is 8.54. The number of carbonyl (C=O) groups is 2. The van der Waals surface area contributed by atoms with E-state index in [1.807, 2.05) is 11.9 Å². The molecule has 0 aliphatic carbocycles. The monoisotopic (exact) mass is 409 g/mol. The lowest BCUT2D eigenvalue weighted by Gasteiger charge is -2.32. The van der Waals surface area contributed by atoms with E-state index in [-0.39, 0.29) is 24.4 Å². The lowest BCUT2D eigenvalue weighted by Crippen LogP contribution is -2.47. The maximum Gasteiger partial charge on any atom is 0.255 e. The predicted octanol–water partition coefficient (Wildman–Crippen LogP) is -0.318. The molecule has 0 aromatic carbocycles. The van der Waals surface area contributed by atoms with Crippen molar-refractivity contribution in [3.63, 3.8) is 0 Å². The summed E-state index contributed by atoms with van der Waals surface area (Å²) in [6.07, 6.45) is 4.20. The van der Waals surface area contributed by atoms with Crippen LogP contribution in [0.4, 0.5) is 0 Å². The zero-order chi connectivity index (χ0) is 20.3. The molecule has 0 saturated carbocycles. The van der Waals surface area contributed by atoms with E-state index >= 15 is 0 Å². The van der Waals surface area contributed by atoms with E-state index in [0.29, 0.717) is 25.2 Å². The third kappa shape index (κ3) is 5.06. The van der Waals surface area contributed by atoms with Crippen molar-refractivity contribution in [2.45, 2.75) is 18.9 Å². The SMILES string of the molecule is CN1CCN(C(=O)c2ccc(C3CCCN3C(=O)CNS(C)(=O)=O)nc2)CC1. The van der Waals surface area contributed by atoms with E-state index in [4.69, 9.17) is 0 Å². The van der Waals surface area contributed by atoms with E-state index in [1.165, 1.54) is 0 Å². The summed E-state index contributed by atoms with van der Waals surface area (Å²) >= 11 is 0. The van der Waals surface area contributed by atoms with Gasteiger partial charge in [0.2, 0.25) is 15.9 Å². The molecular formula is C18H27N5O4S. The molecule has 2 amide bonds. The van der Waals surface area contributed by atoms with Crippen molar-refractivity contribution in [2.24, 2.45) is 0 Å². The van der Waals surface area contributed by atoms with Gasteiger partial charge in [0.25, 0.3) is 5.91 Å². The van der Waals surface area contributed by atoms with Crippen molar-refractivity contribution >= 4 is 21.8 Å². The minimum atomic E-state index is -3.42. The van der Waals surface area contributed by atoms with E-state index in [9.17, 15) is 18.0 Å². The number of rotatable bonds is 5. The topological polar surface area (TPSA) is 103 Å². The van der Waals surface area contributed by atoms with E-state index in [2.05, 4.69) is 14.6 Å². The van der Waals surface area contributed by atoms with E-state index in [1.54, 1.807) is 23.2 Å². The molecule has 1 unspecified atom stereocenters. The maximum atomic E-state index is 12.6. The molecule has 0 radical (unpaired) electrons. The molecule has 1 N–H and O–H groups in total. The first-order valence-corrected chi connectivity index (χ1v) is 11.3. The fourth-order valence-electron chi connectivity index (χ4n) is 3.59. The highest BCUT2D eigenvalue weighted by Crippen LogP contribution is 2.30. The van der Waals surface area contributed by atoms with Gasteiger partial charge in [0.15, 0.2) is 0 Å². The first kappa shape index (κ1) is 20.7. The molecule has 2 aliphatic heterocycles. The maximum absolute atomic E-state index is 12.6. The summed E-state index contributed by atoms with van der Waals surface area (Å²) in [5.74, 6) is -0.295. The van der Waals surface area contributed by atoms with Crippen molar-refractivity contribution in [3.05, 3.63) is 29.6 Å². The van der Waals surface area contributed by atoms with Gasteiger partial charge in [-0.2, -0.15) is 0 Å². The standard InChI is InChI=1S/C18H27N5O4S/c1-21-8-10-22(11-9-21)18(25)14-5-6-15(19-12-14)16-4-3-7-23(16)17(24)13-20-28(2,26)27/h5-6,12,16,20H,3-4,7-11,13H2,1-2H3. The Hall–Kier alpha value is -2.04. The largest absolute Gasteiger partial charge is 0.336 e. The molecule has 3 rings (SSSR count). The Kier molecular flexibility index (Phi) is 6.31. The second-order valence-corrected chi connectivity index (χ2v) is 9.24. The number of likely N-dealkylation sites (N-methyl/N-ethyl adjacent to an activating group) is 1. The van der Waals surface area contributed by atoms with Crippen LogP contribution in [0.25, 0.3) is 0 Å². The molecule has 3 heterocycles. The van der Waals surface area contributed by atoms with Crippen molar-refractivity contribution in [1.82, 2.24) is 24.4 Å². The minimum absolute atomic E-state index is 0.0242. The normalized spacial score (nSPS) is 21.1. The number of likely N-dealkylation sites (tertiary alicyclic amines) is 1. The number of piperazine rings is 1. The molecule has 2 saturated heterocycles. The summed E-state index contributed by atoms with van der Waals surface area (Å²) in [5, 5.41) is 0. The van der Waals surface area contributed by atoms with Crippen molar-refractivity contribution in [2.75, 3.05) is 52.6 Å². The average Bonchev–Trinajstić information content (AvgIpc) is 3.15. The van der Waals surface area contributed by atoms with Crippen LogP contribution in [-0.2, 0) is 14.8 Å². The fourth-order valence-corrected chi connectivity index (χ4v) is 3.97. The van der Waals surface area contributed by atoms with Crippen LogP contribution in [0.5, 0.6) is 0 Å². The zero-order valence-corrected chi connectivity index (χ0v) is 17.1. The Bertz CT molecular complexity index is 819. The Balaban J connectivity index is 1.65. The molecule has 1 atom stereocenters. The quantitative estimate of drug-likeness (QED) is 0.715. The molecule has 2 aliphatic rings. The molecule has 0 bridgehead atoms. The van der Waals surface area contributed by atoms with E-state index in [0.717, 1.165) is 37.9 Å². The van der Waals surface area contributed by atoms with Gasteiger partial charge in [-0.3, -0.25) is 14.6 Å². The molecule has 2 fully saturated rings. The Morgan fingerprint density at radius 1 is 1.18 bits per heavy atom. The molecule has 28 heavy (non-hydrogen) atoms. The minimum Gasteiger partial charge on any atom is -0.336 e. The highest BCUT2D eigenvalue weighted by Gasteiger charge is 2.31. The van der Waals surface area contributed by atoms with Crippen LogP contribution >= 0.6 is 0 Å². The van der Waals surface area contributed by atoms with Crippen LogP contribution in [0.1, 0.15) is 34.9 Å². The summed E-state index contributed by atoms with van der Waals surface area (Å²) < 4.78 is 24.7. The highest BCUT2D eigenvalue weighted by atomic mass is 32.2. The number of pyridine rings is 1. The molecular weight excluding hydrogens is 382 g/mol. The fraction of sp³-hybridized carbons (Fsp3) is 0.611. The van der Waals surface area contributed by atoms with Crippen LogP contribution < -0.4 is 4.72 Å². The lowest BCUT2D eigenvalue weighted by atomic mass is 10.1. The molecule has 9 nitrogen and oxygen atoms in total. The van der Waals surface area contributed by atoms with Crippen LogP contribution in [0.15, 0.2) is 18.3 Å². The first-order valence-electron chi connectivity index (χ1n) is 9.42. The van der Waals surface area contributed by atoms with Gasteiger partial charge < -0.3 is 14.7 Å². The summed E-state index contributed by atoms with van der Waals surface area (Å²) in [5.41, 5.74) is 1.27. The number of nitrogens with zero attached hydrogens (tertiary/aromatic N) is 4. The van der Waals surface area contributed by atoms with Crippen molar-refractivity contribution in [1.29, 1.82) is 0 Å². The van der Waals surface area contributed by atoms with Gasteiger partial charge in [-0.15, -0.1) is 0 Å². The van der Waals surface area contributed by atoms with Crippen LogP contribution in [0.2, 0.25) is 0 Å². The van der Waals surface area contributed by atoms with Gasteiger partial charge in [-0.05, 0) is 32.0 Å². The van der Waals surface area contributed by atoms with Gasteiger partial charge in [0.05, 0.1) is 30.1 Å². The number of hydrogen-bond donors (Lipinski definition) is 1. The Morgan fingerprint density at radius 3 is 2.50 bits per heavy atom. The number of hydrogen-bond acceptors (Lipinski definition) is 6. The Labute approximate surface area is 165 Å². The number of amides is 2. The van der Waals surface area contributed by atoms with Gasteiger partial charge in [0, 0.05) is 38.9 Å². The molecule has 10 heteroatoms. The predicted molar refractivity (Wildman–Crippen MR) is 104 cm³/mol. The van der Waals surface area contributed by atoms with Gasteiger partial charge in [-0.1, -0.05) is 0 Å². The number of sulfonamides is 1. The van der Waals surface area contributed by atoms with Crippen molar-refractivity contribution in [3.8, 4) is 0 Å². The van der Waals surface area contributed by atoms with Crippen LogP contribution in [0.3, 0.4) is 0 Å². The summed E-state index contributed by atoms with van der Waals surface area (Å²) in [6, 6.07) is 3.36. The van der Waals surface area contributed by atoms with Crippen molar-refractivity contribution < 1.29 is 18.0 Å². The summed E-state index contributed by atoms with van der Waals surface area (Å²) in [7, 11) is -1.38. The van der Waals surface area contributed by atoms with Crippen LogP contribution in [-0.4, -0.2) is 92.5 Å². The van der Waals surface area contributed by atoms with Gasteiger partial charge in [-0.25, -0.2) is 13.1 Å². The Morgan fingerprint density at radius 2 is 1.89 bits per heavy atom. The molecule has 1 aromatic heterocycles. The van der Waals surface area contributed by atoms with Crippen LogP contribution in [0, 0.1) is 0 Å². The van der Waals surface area contributed by atoms with Gasteiger partial charge >= 0.3 is 0 Å². The van der Waals surface area contributed by atoms with E-state index < -0.39 is 10.0 Å². The van der Waals surface area contributed by atoms with Gasteiger partial charge in [0.1, 0.15) is 0 Å². The lowest BCUT2D eigenvalue weighted by molar-refractivity contribution is -0.130. The number of aromatic nitrogens is 1. The third-order valence-electron chi connectivity index (χ3n) is 5.22.